The van der Waals surface area contributed by atoms with Crippen LogP contribution in [0.5, 0.6) is 0 Å². The first-order chi connectivity index (χ1) is 14.7. The van der Waals surface area contributed by atoms with Gasteiger partial charge in [0.2, 0.25) is 5.95 Å². The number of nitrogens with zero attached hydrogens (tertiary/aromatic N) is 5. The fourth-order valence-electron chi connectivity index (χ4n) is 4.00. The molecule has 1 aliphatic rings. The zero-order valence-electron chi connectivity index (χ0n) is 17.4. The molecule has 2 aromatic carbocycles. The summed E-state index contributed by atoms with van der Waals surface area (Å²) in [5.41, 5.74) is 5.68. The van der Waals surface area contributed by atoms with Crippen LogP contribution in [0.3, 0.4) is 0 Å². The molecule has 30 heavy (non-hydrogen) atoms. The molecular weight excluding hydrogens is 372 g/mol. The van der Waals surface area contributed by atoms with Gasteiger partial charge >= 0.3 is 0 Å². The third kappa shape index (κ3) is 3.49. The Morgan fingerprint density at radius 2 is 1.73 bits per heavy atom. The predicted molar refractivity (Wildman–Crippen MR) is 121 cm³/mol. The van der Waals surface area contributed by atoms with E-state index in [0.717, 1.165) is 42.4 Å². The number of anilines is 2. The molecule has 0 aliphatic carbocycles. The normalized spacial score (nSPS) is 13.6. The fraction of sp³-hybridized carbons (Fsp3) is 0.292. The molecule has 0 spiro atoms. The first kappa shape index (κ1) is 18.6. The highest BCUT2D eigenvalue weighted by molar-refractivity contribution is 5.84. The Labute approximate surface area is 176 Å². The highest BCUT2D eigenvalue weighted by atomic mass is 15.3. The number of hydrogen-bond donors (Lipinski definition) is 1. The molecule has 1 aliphatic heterocycles. The van der Waals surface area contributed by atoms with Crippen LogP contribution in [0.15, 0.2) is 60.9 Å². The second-order valence-corrected chi connectivity index (χ2v) is 8.07. The Morgan fingerprint density at radius 3 is 2.53 bits per heavy atom. The quantitative estimate of drug-likeness (QED) is 0.533. The molecule has 0 saturated carbocycles. The number of rotatable bonds is 5. The van der Waals surface area contributed by atoms with Crippen molar-refractivity contribution in [2.24, 2.45) is 0 Å². The maximum atomic E-state index is 4.94. The molecule has 0 radical (unpaired) electrons. The number of fused-ring (bicyclic) bond motifs is 2. The van der Waals surface area contributed by atoms with Gasteiger partial charge in [0.15, 0.2) is 17.0 Å². The second-order valence-electron chi connectivity index (χ2n) is 8.07. The van der Waals surface area contributed by atoms with Crippen LogP contribution in [0.2, 0.25) is 0 Å². The van der Waals surface area contributed by atoms with Gasteiger partial charge in [0.05, 0.1) is 6.33 Å². The van der Waals surface area contributed by atoms with Crippen LogP contribution in [0.1, 0.15) is 36.6 Å². The van der Waals surface area contributed by atoms with Crippen LogP contribution in [-0.2, 0) is 19.5 Å². The maximum absolute atomic E-state index is 4.94. The minimum Gasteiger partial charge on any atom is -0.364 e. The van der Waals surface area contributed by atoms with Gasteiger partial charge < -0.3 is 14.8 Å². The summed E-state index contributed by atoms with van der Waals surface area (Å²) >= 11 is 0. The second kappa shape index (κ2) is 7.78. The number of benzene rings is 2. The van der Waals surface area contributed by atoms with Crippen LogP contribution in [0.25, 0.3) is 11.2 Å². The van der Waals surface area contributed by atoms with Crippen LogP contribution in [-0.4, -0.2) is 26.1 Å². The average Bonchev–Trinajstić information content (AvgIpc) is 3.22. The molecule has 0 fully saturated rings. The predicted octanol–water partition coefficient (Wildman–Crippen LogP) is 4.58. The van der Waals surface area contributed by atoms with Crippen molar-refractivity contribution in [3.05, 3.63) is 77.6 Å². The number of nitrogens with one attached hydrogen (secondary N) is 1. The van der Waals surface area contributed by atoms with Gasteiger partial charge in [-0.3, -0.25) is 0 Å². The average molecular weight is 399 g/mol. The summed E-state index contributed by atoms with van der Waals surface area (Å²) in [6, 6.07) is 19.3. The summed E-state index contributed by atoms with van der Waals surface area (Å²) in [6.07, 6.45) is 2.88. The monoisotopic (exact) mass is 398 g/mol. The number of hydrogen-bond acceptors (Lipinski definition) is 5. The van der Waals surface area contributed by atoms with Crippen molar-refractivity contribution < 1.29 is 0 Å². The number of imidazole rings is 1. The van der Waals surface area contributed by atoms with E-state index in [1.807, 2.05) is 12.4 Å². The Morgan fingerprint density at radius 1 is 0.967 bits per heavy atom. The molecule has 0 atom stereocenters. The molecule has 0 amide bonds. The maximum Gasteiger partial charge on any atom is 0.229 e. The lowest BCUT2D eigenvalue weighted by molar-refractivity contribution is 0.611. The van der Waals surface area contributed by atoms with E-state index >= 15 is 0 Å². The van der Waals surface area contributed by atoms with Gasteiger partial charge in [-0.15, -0.1) is 0 Å². The summed E-state index contributed by atoms with van der Waals surface area (Å²) in [6.45, 7) is 6.74. The topological polar surface area (TPSA) is 58.9 Å². The standard InChI is InChI=1S/C24H26N6/c1-17(2)30-16-26-21-22(25-14-18-8-4-3-5-9-18)27-24(28-23(21)30)29-13-12-19-10-6-7-11-20(19)15-29/h3-11,16-17H,12-15H2,1-2H3,(H,25,27,28). The van der Waals surface area contributed by atoms with Crippen LogP contribution in [0.4, 0.5) is 11.8 Å². The molecule has 6 heteroatoms. The van der Waals surface area contributed by atoms with Crippen LogP contribution in [0, 0.1) is 0 Å². The summed E-state index contributed by atoms with van der Waals surface area (Å²) in [5, 5.41) is 3.50. The highest BCUT2D eigenvalue weighted by Crippen LogP contribution is 2.28. The lowest BCUT2D eigenvalue weighted by Crippen LogP contribution is -2.32. The summed E-state index contributed by atoms with van der Waals surface area (Å²) < 4.78 is 2.12. The molecule has 1 N–H and O–H groups in total. The van der Waals surface area contributed by atoms with Crippen LogP contribution >= 0.6 is 0 Å². The van der Waals surface area contributed by atoms with E-state index in [0.29, 0.717) is 6.54 Å². The van der Waals surface area contributed by atoms with Gasteiger partial charge in [-0.2, -0.15) is 9.97 Å². The molecule has 5 rings (SSSR count). The minimum atomic E-state index is 0.279. The Kier molecular flexibility index (Phi) is 4.83. The van der Waals surface area contributed by atoms with Gasteiger partial charge in [-0.1, -0.05) is 54.6 Å². The van der Waals surface area contributed by atoms with E-state index in [4.69, 9.17) is 9.97 Å². The SMILES string of the molecule is CC(C)n1cnc2c(NCc3ccccc3)nc(N3CCc4ccccc4C3)nc21. The smallest absolute Gasteiger partial charge is 0.229 e. The van der Waals surface area contributed by atoms with E-state index in [2.05, 4.69) is 82.1 Å². The van der Waals surface area contributed by atoms with Crippen molar-refractivity contribution in [2.45, 2.75) is 39.4 Å². The van der Waals surface area contributed by atoms with Gasteiger partial charge in [0.25, 0.3) is 0 Å². The molecular formula is C24H26N6. The summed E-state index contributed by atoms with van der Waals surface area (Å²) in [5.74, 6) is 1.55. The lowest BCUT2D eigenvalue weighted by atomic mass is 10.0. The summed E-state index contributed by atoms with van der Waals surface area (Å²) in [4.78, 5) is 16.8. The third-order valence-corrected chi connectivity index (χ3v) is 5.68. The van der Waals surface area contributed by atoms with Crippen molar-refractivity contribution in [3.63, 3.8) is 0 Å². The first-order valence-electron chi connectivity index (χ1n) is 10.5. The summed E-state index contributed by atoms with van der Waals surface area (Å²) in [7, 11) is 0. The Hall–Kier alpha value is -3.41. The molecule has 0 bridgehead atoms. The fourth-order valence-corrected chi connectivity index (χ4v) is 4.00. The molecule has 6 nitrogen and oxygen atoms in total. The molecule has 152 valence electrons. The lowest BCUT2D eigenvalue weighted by Gasteiger charge is -2.29. The molecule has 2 aromatic heterocycles. The first-order valence-corrected chi connectivity index (χ1v) is 10.5. The van der Waals surface area contributed by atoms with Gasteiger partial charge in [-0.05, 0) is 37.0 Å². The van der Waals surface area contributed by atoms with Crippen molar-refractivity contribution in [1.29, 1.82) is 0 Å². The minimum absolute atomic E-state index is 0.279. The van der Waals surface area contributed by atoms with Crippen molar-refractivity contribution in [1.82, 2.24) is 19.5 Å². The zero-order valence-corrected chi connectivity index (χ0v) is 17.4. The van der Waals surface area contributed by atoms with Gasteiger partial charge in [0.1, 0.15) is 0 Å². The molecule has 3 heterocycles. The Balaban J connectivity index is 1.52. The largest absolute Gasteiger partial charge is 0.364 e. The molecule has 0 saturated heterocycles. The van der Waals surface area contributed by atoms with Gasteiger partial charge in [0, 0.05) is 25.7 Å². The Bertz CT molecular complexity index is 1170. The molecule has 0 unspecified atom stereocenters. The highest BCUT2D eigenvalue weighted by Gasteiger charge is 2.22. The van der Waals surface area contributed by atoms with Crippen LogP contribution < -0.4 is 10.2 Å². The molecule has 4 aromatic rings. The zero-order chi connectivity index (χ0) is 20.5. The van der Waals surface area contributed by atoms with Crippen molar-refractivity contribution in [2.75, 3.05) is 16.8 Å². The van der Waals surface area contributed by atoms with Gasteiger partial charge in [-0.25, -0.2) is 4.98 Å². The number of aromatic nitrogens is 4. The van der Waals surface area contributed by atoms with Crippen molar-refractivity contribution >= 4 is 22.9 Å². The third-order valence-electron chi connectivity index (χ3n) is 5.68. The van der Waals surface area contributed by atoms with E-state index < -0.39 is 0 Å². The van der Waals surface area contributed by atoms with Crippen molar-refractivity contribution in [3.8, 4) is 0 Å². The van der Waals surface area contributed by atoms with E-state index in [-0.39, 0.29) is 6.04 Å². The van der Waals surface area contributed by atoms with E-state index in [1.54, 1.807) is 0 Å². The van der Waals surface area contributed by atoms with E-state index in [9.17, 15) is 0 Å². The van der Waals surface area contributed by atoms with E-state index in [1.165, 1.54) is 16.7 Å².